The van der Waals surface area contributed by atoms with Gasteiger partial charge >= 0.3 is 12.1 Å². The SMILES string of the molecule is COC(=O)N1CCN(C(=O)C(CCC(=O)OC(C)(C)C)NC(=O)c2cc(C)nc(-c3ccc(F)cc3)n2)CC1. The Morgan fingerprint density at radius 1 is 1.03 bits per heavy atom. The summed E-state index contributed by atoms with van der Waals surface area (Å²) in [5, 5.41) is 2.72. The van der Waals surface area contributed by atoms with Crippen molar-refractivity contribution in [3.05, 3.63) is 47.5 Å². The molecule has 1 N–H and O–H groups in total. The Kier molecular flexibility index (Phi) is 9.55. The molecule has 1 unspecified atom stereocenters. The molecule has 210 valence electrons. The molecule has 12 heteroatoms. The normalized spacial score (nSPS) is 14.4. The monoisotopic (exact) mass is 543 g/mol. The fraction of sp³-hybridized carbons (Fsp3) is 0.481. The number of carbonyl (C=O) groups excluding carboxylic acids is 4. The van der Waals surface area contributed by atoms with Crippen LogP contribution in [0, 0.1) is 12.7 Å². The number of hydrogen-bond acceptors (Lipinski definition) is 8. The topological polar surface area (TPSA) is 131 Å². The van der Waals surface area contributed by atoms with Gasteiger partial charge < -0.3 is 24.6 Å². The first-order chi connectivity index (χ1) is 18.4. The average molecular weight is 544 g/mol. The van der Waals surface area contributed by atoms with Gasteiger partial charge in [0.2, 0.25) is 5.91 Å². The van der Waals surface area contributed by atoms with Crippen LogP contribution in [-0.4, -0.2) is 88.6 Å². The van der Waals surface area contributed by atoms with E-state index in [4.69, 9.17) is 9.47 Å². The lowest BCUT2D eigenvalue weighted by Gasteiger charge is -2.35. The molecule has 3 rings (SSSR count). The number of carbonyl (C=O) groups is 4. The number of rotatable bonds is 7. The highest BCUT2D eigenvalue weighted by Gasteiger charge is 2.31. The summed E-state index contributed by atoms with van der Waals surface area (Å²) in [6, 6.07) is 5.99. The number of nitrogens with zero attached hydrogens (tertiary/aromatic N) is 4. The van der Waals surface area contributed by atoms with E-state index in [2.05, 4.69) is 15.3 Å². The number of methoxy groups -OCH3 is 1. The van der Waals surface area contributed by atoms with Gasteiger partial charge in [0.05, 0.1) is 7.11 Å². The van der Waals surface area contributed by atoms with Crippen molar-refractivity contribution in [3.8, 4) is 11.4 Å². The molecule has 0 aliphatic carbocycles. The van der Waals surface area contributed by atoms with Crippen molar-refractivity contribution in [1.82, 2.24) is 25.1 Å². The predicted molar refractivity (Wildman–Crippen MR) is 139 cm³/mol. The van der Waals surface area contributed by atoms with Crippen molar-refractivity contribution in [3.63, 3.8) is 0 Å². The lowest BCUT2D eigenvalue weighted by molar-refractivity contribution is -0.155. The zero-order valence-corrected chi connectivity index (χ0v) is 22.8. The Labute approximate surface area is 226 Å². The lowest BCUT2D eigenvalue weighted by atomic mass is 10.1. The smallest absolute Gasteiger partial charge is 0.409 e. The Bertz CT molecular complexity index is 1210. The summed E-state index contributed by atoms with van der Waals surface area (Å²) in [6.45, 7) is 7.96. The van der Waals surface area contributed by atoms with Crippen LogP contribution < -0.4 is 5.32 Å². The minimum absolute atomic E-state index is 0.00554. The molecule has 0 spiro atoms. The van der Waals surface area contributed by atoms with E-state index in [0.717, 1.165) is 0 Å². The minimum atomic E-state index is -1.04. The fourth-order valence-corrected chi connectivity index (χ4v) is 4.02. The van der Waals surface area contributed by atoms with E-state index in [1.807, 2.05) is 0 Å². The summed E-state index contributed by atoms with van der Waals surface area (Å²) >= 11 is 0. The van der Waals surface area contributed by atoms with E-state index in [9.17, 15) is 23.6 Å². The number of halogens is 1. The Morgan fingerprint density at radius 2 is 1.64 bits per heavy atom. The van der Waals surface area contributed by atoms with E-state index in [0.29, 0.717) is 11.3 Å². The summed E-state index contributed by atoms with van der Waals surface area (Å²) < 4.78 is 23.5. The van der Waals surface area contributed by atoms with Crippen LogP contribution in [-0.2, 0) is 19.1 Å². The van der Waals surface area contributed by atoms with Crippen LogP contribution in [0.25, 0.3) is 11.4 Å². The standard InChI is InChI=1S/C27H34FN5O6/c1-17-16-21(30-23(29-17)18-6-8-19(28)9-7-18)24(35)31-20(10-11-22(34)39-27(2,3)4)25(36)32-12-14-33(15-13-32)26(37)38-5/h6-9,16,20H,10-15H2,1-5H3,(H,31,35). The number of aromatic nitrogens is 2. The molecule has 11 nitrogen and oxygen atoms in total. The highest BCUT2D eigenvalue weighted by Crippen LogP contribution is 2.18. The van der Waals surface area contributed by atoms with Crippen molar-refractivity contribution >= 4 is 23.9 Å². The first-order valence-electron chi connectivity index (χ1n) is 12.6. The van der Waals surface area contributed by atoms with Gasteiger partial charge in [-0.25, -0.2) is 19.2 Å². The van der Waals surface area contributed by atoms with E-state index in [-0.39, 0.29) is 56.4 Å². The largest absolute Gasteiger partial charge is 0.460 e. The molecule has 1 aromatic carbocycles. The maximum absolute atomic E-state index is 13.5. The summed E-state index contributed by atoms with van der Waals surface area (Å²) in [6.07, 6.45) is -0.571. The second-order valence-electron chi connectivity index (χ2n) is 10.2. The third kappa shape index (κ3) is 8.45. The van der Waals surface area contributed by atoms with Gasteiger partial charge in [0.15, 0.2) is 5.82 Å². The molecule has 1 atom stereocenters. The van der Waals surface area contributed by atoms with Crippen molar-refractivity contribution < 1.29 is 33.0 Å². The maximum Gasteiger partial charge on any atom is 0.409 e. The zero-order chi connectivity index (χ0) is 28.7. The highest BCUT2D eigenvalue weighted by atomic mass is 19.1. The summed E-state index contributed by atoms with van der Waals surface area (Å²) in [5.74, 6) is -1.69. The third-order valence-corrected chi connectivity index (χ3v) is 5.87. The zero-order valence-electron chi connectivity index (χ0n) is 22.8. The average Bonchev–Trinajstić information content (AvgIpc) is 2.89. The van der Waals surface area contributed by atoms with Crippen molar-refractivity contribution in [2.75, 3.05) is 33.3 Å². The van der Waals surface area contributed by atoms with E-state index in [1.165, 1.54) is 47.2 Å². The number of piperazine rings is 1. The van der Waals surface area contributed by atoms with Crippen LogP contribution in [0.4, 0.5) is 9.18 Å². The molecule has 2 heterocycles. The third-order valence-electron chi connectivity index (χ3n) is 5.87. The minimum Gasteiger partial charge on any atom is -0.460 e. The molecule has 1 saturated heterocycles. The van der Waals surface area contributed by atoms with E-state index in [1.54, 1.807) is 27.7 Å². The van der Waals surface area contributed by atoms with Crippen molar-refractivity contribution in [2.45, 2.75) is 52.2 Å². The first-order valence-corrected chi connectivity index (χ1v) is 12.6. The first kappa shape index (κ1) is 29.5. The number of ether oxygens (including phenoxy) is 2. The summed E-state index contributed by atoms with van der Waals surface area (Å²) in [7, 11) is 1.29. The second kappa shape index (κ2) is 12.6. The van der Waals surface area contributed by atoms with Gasteiger partial charge in [0.1, 0.15) is 23.2 Å². The number of hydrogen-bond donors (Lipinski definition) is 1. The van der Waals surface area contributed by atoms with Crippen molar-refractivity contribution in [1.29, 1.82) is 0 Å². The van der Waals surface area contributed by atoms with Crippen LogP contribution in [0.5, 0.6) is 0 Å². The molecular formula is C27H34FN5O6. The molecule has 0 bridgehead atoms. The number of esters is 1. The maximum atomic E-state index is 13.5. The number of amides is 3. The van der Waals surface area contributed by atoms with Gasteiger partial charge in [-0.1, -0.05) is 0 Å². The molecule has 3 amide bonds. The summed E-state index contributed by atoms with van der Waals surface area (Å²) in [5.41, 5.74) is 0.354. The van der Waals surface area contributed by atoms with Gasteiger partial charge in [0, 0.05) is 43.9 Å². The quantitative estimate of drug-likeness (QED) is 0.528. The molecular weight excluding hydrogens is 509 g/mol. The van der Waals surface area contributed by atoms with Gasteiger partial charge in [-0.05, 0) is 64.4 Å². The predicted octanol–water partition coefficient (Wildman–Crippen LogP) is 2.72. The highest BCUT2D eigenvalue weighted by molar-refractivity contribution is 5.96. The molecule has 0 saturated carbocycles. The van der Waals surface area contributed by atoms with Crippen molar-refractivity contribution in [2.24, 2.45) is 0 Å². The Morgan fingerprint density at radius 3 is 2.23 bits per heavy atom. The Balaban J connectivity index is 1.78. The van der Waals surface area contributed by atoms with Crippen LogP contribution >= 0.6 is 0 Å². The summed E-state index contributed by atoms with van der Waals surface area (Å²) in [4.78, 5) is 62.6. The molecule has 1 fully saturated rings. The molecule has 39 heavy (non-hydrogen) atoms. The second-order valence-corrected chi connectivity index (χ2v) is 10.2. The number of aryl methyl sites for hydroxylation is 1. The molecule has 1 aliphatic rings. The van der Waals surface area contributed by atoms with Gasteiger partial charge in [-0.15, -0.1) is 0 Å². The van der Waals surface area contributed by atoms with Crippen LogP contribution in [0.3, 0.4) is 0 Å². The molecule has 0 radical (unpaired) electrons. The van der Waals surface area contributed by atoms with Crippen LogP contribution in [0.2, 0.25) is 0 Å². The fourth-order valence-electron chi connectivity index (χ4n) is 4.02. The molecule has 2 aromatic rings. The van der Waals surface area contributed by atoms with Crippen LogP contribution in [0.1, 0.15) is 49.8 Å². The molecule has 1 aromatic heterocycles. The lowest BCUT2D eigenvalue weighted by Crippen LogP contribution is -2.56. The van der Waals surface area contributed by atoms with Gasteiger partial charge in [0.25, 0.3) is 5.91 Å². The van der Waals surface area contributed by atoms with E-state index < -0.39 is 35.4 Å². The van der Waals surface area contributed by atoms with Gasteiger partial charge in [-0.2, -0.15) is 0 Å². The Hall–Kier alpha value is -4.09. The van der Waals surface area contributed by atoms with E-state index >= 15 is 0 Å². The number of benzene rings is 1. The van der Waals surface area contributed by atoms with Crippen LogP contribution in [0.15, 0.2) is 30.3 Å². The molecule has 1 aliphatic heterocycles. The van der Waals surface area contributed by atoms with Gasteiger partial charge in [-0.3, -0.25) is 14.4 Å². The number of nitrogens with one attached hydrogen (secondary N) is 1.